The highest BCUT2D eigenvalue weighted by atomic mass is 19.1. The van der Waals surface area contributed by atoms with Crippen molar-refractivity contribution < 1.29 is 4.39 Å². The number of nitrogens with zero attached hydrogens (tertiary/aromatic N) is 4. The Labute approximate surface area is 169 Å². The lowest BCUT2D eigenvalue weighted by atomic mass is 9.95. The van der Waals surface area contributed by atoms with Gasteiger partial charge in [0.25, 0.3) is 0 Å². The Morgan fingerprint density at radius 2 is 1.90 bits per heavy atom. The summed E-state index contributed by atoms with van der Waals surface area (Å²) in [5, 5.41) is 19.1. The number of pyridine rings is 1. The maximum Gasteiger partial charge on any atom is 0.147 e. The van der Waals surface area contributed by atoms with Crippen LogP contribution >= 0.6 is 0 Å². The van der Waals surface area contributed by atoms with E-state index in [0.29, 0.717) is 39.2 Å². The minimum atomic E-state index is -0.258. The number of anilines is 2. The van der Waals surface area contributed by atoms with E-state index in [4.69, 9.17) is 5.73 Å². The van der Waals surface area contributed by atoms with Crippen LogP contribution in [0.2, 0.25) is 0 Å². The number of nitrogens with two attached hydrogens (primary N) is 1. The Balaban J connectivity index is 1.85. The molecule has 0 saturated carbocycles. The Morgan fingerprint density at radius 3 is 2.52 bits per heavy atom. The van der Waals surface area contributed by atoms with Crippen molar-refractivity contribution in [2.75, 3.05) is 23.7 Å². The van der Waals surface area contributed by atoms with Crippen molar-refractivity contribution in [2.45, 2.75) is 26.7 Å². The quantitative estimate of drug-likeness (QED) is 0.826. The molecule has 0 atom stereocenters. The fourth-order valence-electron chi connectivity index (χ4n) is 4.19. The number of halogens is 1. The molecule has 1 aliphatic heterocycles. The molecule has 1 aromatic carbocycles. The van der Waals surface area contributed by atoms with E-state index in [-0.39, 0.29) is 11.6 Å². The molecule has 2 aliphatic rings. The standard InChI is InChI=1S/C23H20FN5/c1-13-16(9-15-5-6-20(19(24)10-15)29-7-3-4-8-29)21-14(2)18(12-26)23(27)28-22(21)17(13)11-25/h5-6,9-10H,3-4,7-8H2,1-2H3,(H2,27,28)/b16-9-. The first kappa shape index (κ1) is 18.7. The summed E-state index contributed by atoms with van der Waals surface area (Å²) in [6.45, 7) is 5.39. The Kier molecular flexibility index (Phi) is 4.56. The van der Waals surface area contributed by atoms with Gasteiger partial charge in [0.2, 0.25) is 0 Å². The van der Waals surface area contributed by atoms with Crippen LogP contribution in [0.25, 0.3) is 17.2 Å². The van der Waals surface area contributed by atoms with E-state index in [0.717, 1.165) is 37.1 Å². The maximum atomic E-state index is 14.8. The van der Waals surface area contributed by atoms with Crippen molar-refractivity contribution in [2.24, 2.45) is 0 Å². The normalized spacial score (nSPS) is 16.9. The average molecular weight is 385 g/mol. The number of nitriles is 2. The molecule has 6 heteroatoms. The van der Waals surface area contributed by atoms with Gasteiger partial charge in [-0.2, -0.15) is 10.5 Å². The van der Waals surface area contributed by atoms with Crippen molar-refractivity contribution in [1.82, 2.24) is 4.98 Å². The van der Waals surface area contributed by atoms with E-state index in [1.165, 1.54) is 6.07 Å². The second-order valence-electron chi connectivity index (χ2n) is 7.41. The number of benzene rings is 1. The second-order valence-corrected chi connectivity index (χ2v) is 7.41. The monoisotopic (exact) mass is 385 g/mol. The summed E-state index contributed by atoms with van der Waals surface area (Å²) in [5.74, 6) is -0.141. The van der Waals surface area contributed by atoms with Gasteiger partial charge in [0, 0.05) is 18.7 Å². The van der Waals surface area contributed by atoms with Gasteiger partial charge in [-0.25, -0.2) is 9.37 Å². The fourth-order valence-corrected chi connectivity index (χ4v) is 4.19. The largest absolute Gasteiger partial charge is 0.383 e. The molecular formula is C23H20FN5. The molecule has 0 spiro atoms. The maximum absolute atomic E-state index is 14.8. The summed E-state index contributed by atoms with van der Waals surface area (Å²) in [7, 11) is 0. The third kappa shape index (κ3) is 2.94. The van der Waals surface area contributed by atoms with Gasteiger partial charge in [0.15, 0.2) is 0 Å². The first-order chi connectivity index (χ1) is 14.0. The Morgan fingerprint density at radius 1 is 1.17 bits per heavy atom. The molecule has 2 heterocycles. The summed E-state index contributed by atoms with van der Waals surface area (Å²) in [6.07, 6.45) is 4.01. The zero-order valence-electron chi connectivity index (χ0n) is 16.4. The van der Waals surface area contributed by atoms with Crippen molar-refractivity contribution in [1.29, 1.82) is 10.5 Å². The summed E-state index contributed by atoms with van der Waals surface area (Å²) < 4.78 is 14.8. The first-order valence-electron chi connectivity index (χ1n) is 9.54. The number of rotatable bonds is 2. The van der Waals surface area contributed by atoms with Crippen molar-refractivity contribution in [3.8, 4) is 12.1 Å². The molecule has 1 fully saturated rings. The summed E-state index contributed by atoms with van der Waals surface area (Å²) >= 11 is 0. The van der Waals surface area contributed by atoms with Crippen LogP contribution < -0.4 is 10.6 Å². The zero-order chi connectivity index (χ0) is 20.7. The molecule has 1 aliphatic carbocycles. The van der Waals surface area contributed by atoms with Gasteiger partial charge < -0.3 is 10.6 Å². The van der Waals surface area contributed by atoms with E-state index in [9.17, 15) is 14.9 Å². The van der Waals surface area contributed by atoms with E-state index < -0.39 is 0 Å². The van der Waals surface area contributed by atoms with Crippen molar-refractivity contribution >= 4 is 28.7 Å². The van der Waals surface area contributed by atoms with Crippen LogP contribution in [-0.4, -0.2) is 18.1 Å². The van der Waals surface area contributed by atoms with Crippen LogP contribution in [-0.2, 0) is 0 Å². The lowest BCUT2D eigenvalue weighted by Gasteiger charge is -2.18. The van der Waals surface area contributed by atoms with Crippen LogP contribution in [0, 0.1) is 35.4 Å². The van der Waals surface area contributed by atoms with Gasteiger partial charge in [-0.3, -0.25) is 0 Å². The lowest BCUT2D eigenvalue weighted by Crippen LogP contribution is -2.18. The molecule has 4 rings (SSSR count). The molecule has 5 nitrogen and oxygen atoms in total. The third-order valence-corrected chi connectivity index (χ3v) is 5.71. The molecule has 2 aromatic rings. The Bertz CT molecular complexity index is 1170. The van der Waals surface area contributed by atoms with E-state index in [1.807, 2.05) is 25.1 Å². The van der Waals surface area contributed by atoms with Gasteiger partial charge in [0.1, 0.15) is 23.8 Å². The molecule has 0 radical (unpaired) electrons. The number of hydrogen-bond donors (Lipinski definition) is 1. The molecule has 0 unspecified atom stereocenters. The van der Waals surface area contributed by atoms with E-state index in [1.54, 1.807) is 6.92 Å². The van der Waals surface area contributed by atoms with Crippen LogP contribution in [0.5, 0.6) is 0 Å². The highest BCUT2D eigenvalue weighted by molar-refractivity contribution is 6.08. The topological polar surface area (TPSA) is 89.7 Å². The number of fused-ring (bicyclic) bond motifs is 1. The number of hydrogen-bond acceptors (Lipinski definition) is 5. The lowest BCUT2D eigenvalue weighted by molar-refractivity contribution is 0.623. The van der Waals surface area contributed by atoms with Gasteiger partial charge in [0.05, 0.1) is 22.5 Å². The van der Waals surface area contributed by atoms with Crippen molar-refractivity contribution in [3.05, 3.63) is 57.5 Å². The van der Waals surface area contributed by atoms with E-state index in [2.05, 4.69) is 22.0 Å². The molecular weight excluding hydrogens is 365 g/mol. The molecule has 1 aromatic heterocycles. The molecule has 29 heavy (non-hydrogen) atoms. The minimum Gasteiger partial charge on any atom is -0.383 e. The first-order valence-corrected chi connectivity index (χ1v) is 9.54. The fraction of sp³-hybridized carbons (Fsp3) is 0.261. The molecule has 144 valence electrons. The van der Waals surface area contributed by atoms with Gasteiger partial charge in [-0.15, -0.1) is 0 Å². The molecule has 0 amide bonds. The zero-order valence-corrected chi connectivity index (χ0v) is 16.4. The summed E-state index contributed by atoms with van der Waals surface area (Å²) in [6, 6.07) is 9.49. The number of allylic oxidation sites excluding steroid dienone is 3. The predicted octanol–water partition coefficient (Wildman–Crippen LogP) is 4.43. The van der Waals surface area contributed by atoms with Gasteiger partial charge in [-0.05, 0) is 67.2 Å². The van der Waals surface area contributed by atoms with Crippen LogP contribution in [0.3, 0.4) is 0 Å². The van der Waals surface area contributed by atoms with Gasteiger partial charge in [-0.1, -0.05) is 6.07 Å². The molecule has 1 saturated heterocycles. The summed E-state index contributed by atoms with van der Waals surface area (Å²) in [4.78, 5) is 6.38. The predicted molar refractivity (Wildman–Crippen MR) is 112 cm³/mol. The third-order valence-electron chi connectivity index (χ3n) is 5.71. The minimum absolute atomic E-state index is 0.117. The van der Waals surface area contributed by atoms with Crippen LogP contribution in [0.15, 0.2) is 23.8 Å². The van der Waals surface area contributed by atoms with Gasteiger partial charge >= 0.3 is 0 Å². The van der Waals surface area contributed by atoms with E-state index >= 15 is 0 Å². The summed E-state index contributed by atoms with van der Waals surface area (Å²) in [5.41, 5.74) is 11.4. The van der Waals surface area contributed by atoms with Crippen LogP contribution in [0.4, 0.5) is 15.9 Å². The SMILES string of the molecule is CC1=C(C#N)c2nc(N)c(C#N)c(C)c2/C1=C\c1ccc(N2CCCC2)c(F)c1. The molecule has 2 N–H and O–H groups in total. The highest BCUT2D eigenvalue weighted by Crippen LogP contribution is 2.44. The van der Waals surface area contributed by atoms with Crippen LogP contribution in [0.1, 0.15) is 47.7 Å². The molecule has 0 bridgehead atoms. The number of nitrogen functional groups attached to an aromatic ring is 1. The van der Waals surface area contributed by atoms with Crippen molar-refractivity contribution in [3.63, 3.8) is 0 Å². The smallest absolute Gasteiger partial charge is 0.147 e. The highest BCUT2D eigenvalue weighted by Gasteiger charge is 2.29. The second kappa shape index (κ2) is 7.07. The average Bonchev–Trinajstić information content (AvgIpc) is 3.30. The Hall–Kier alpha value is -3.64. The number of aromatic nitrogens is 1.